The number of hydrogen-bond donors (Lipinski definition) is 0. The summed E-state index contributed by atoms with van der Waals surface area (Å²) in [7, 11) is -2.70. The van der Waals surface area contributed by atoms with E-state index in [1.165, 1.54) is 21.2 Å². The summed E-state index contributed by atoms with van der Waals surface area (Å²) in [5.74, 6) is 0. The monoisotopic (exact) mass is 246 g/mol. The lowest BCUT2D eigenvalue weighted by Crippen LogP contribution is -2.23. The van der Waals surface area contributed by atoms with Gasteiger partial charge >= 0.3 is 0 Å². The molecule has 0 aromatic carbocycles. The van der Waals surface area contributed by atoms with Crippen molar-refractivity contribution in [3.05, 3.63) is 0 Å². The van der Waals surface area contributed by atoms with Gasteiger partial charge in [-0.05, 0) is 12.8 Å². The Morgan fingerprint density at radius 2 is 1.88 bits per heavy atom. The van der Waals surface area contributed by atoms with Gasteiger partial charge in [-0.1, -0.05) is 6.42 Å². The fraction of sp³-hybridized carbons (Fsp3) is 1.00. The van der Waals surface area contributed by atoms with E-state index in [1.807, 2.05) is 0 Å². The Morgan fingerprint density at radius 1 is 1.38 bits per heavy atom. The van der Waals surface area contributed by atoms with Crippen LogP contribution in [0.4, 0.5) is 0 Å². The van der Waals surface area contributed by atoms with Gasteiger partial charge in [0.1, 0.15) is 0 Å². The highest BCUT2D eigenvalue weighted by atomic mass is 127. The highest BCUT2D eigenvalue weighted by Crippen LogP contribution is 2.29. The van der Waals surface area contributed by atoms with Gasteiger partial charge in [-0.15, -0.1) is 0 Å². The van der Waals surface area contributed by atoms with Crippen LogP contribution in [0, 0.1) is 0 Å². The summed E-state index contributed by atoms with van der Waals surface area (Å²) in [6.07, 6.45) is 2.85. The Morgan fingerprint density at radius 3 is 1.88 bits per heavy atom. The molecular formula is C4H7IO2S. The molecule has 8 heavy (non-hydrogen) atoms. The summed E-state index contributed by atoms with van der Waals surface area (Å²) in [5.41, 5.74) is 0. The maximum absolute atomic E-state index is 10.6. The predicted molar refractivity (Wildman–Crippen MR) is 40.6 cm³/mol. The van der Waals surface area contributed by atoms with Gasteiger partial charge in [-0.25, -0.2) is 8.42 Å². The van der Waals surface area contributed by atoms with Gasteiger partial charge < -0.3 is 0 Å². The van der Waals surface area contributed by atoms with Crippen molar-refractivity contribution in [3.63, 3.8) is 0 Å². The second-order valence-electron chi connectivity index (χ2n) is 2.03. The van der Waals surface area contributed by atoms with E-state index >= 15 is 0 Å². The lowest BCUT2D eigenvalue weighted by molar-refractivity contribution is 0.487. The molecular weight excluding hydrogens is 239 g/mol. The summed E-state index contributed by atoms with van der Waals surface area (Å²) in [6, 6.07) is 0. The molecule has 0 heterocycles. The molecule has 0 amide bonds. The first-order valence-electron chi connectivity index (χ1n) is 2.54. The zero-order chi connectivity index (χ0) is 6.20. The second-order valence-corrected chi connectivity index (χ2v) is 7.33. The zero-order valence-corrected chi connectivity index (χ0v) is 7.28. The van der Waals surface area contributed by atoms with Crippen LogP contribution in [0.25, 0.3) is 0 Å². The molecule has 1 aliphatic carbocycles. The smallest absolute Gasteiger partial charge is 0.205 e. The van der Waals surface area contributed by atoms with E-state index in [-0.39, 0.29) is 5.25 Å². The molecule has 4 heteroatoms. The third-order valence-electron chi connectivity index (χ3n) is 1.45. The largest absolute Gasteiger partial charge is 0.218 e. The summed E-state index contributed by atoms with van der Waals surface area (Å²) in [5, 5.41) is -0.0110. The van der Waals surface area contributed by atoms with Crippen molar-refractivity contribution in [2.45, 2.75) is 24.5 Å². The van der Waals surface area contributed by atoms with E-state index in [1.54, 1.807) is 0 Å². The van der Waals surface area contributed by atoms with Crippen LogP contribution in [0.15, 0.2) is 0 Å². The van der Waals surface area contributed by atoms with Crippen molar-refractivity contribution in [3.8, 4) is 0 Å². The molecule has 2 nitrogen and oxygen atoms in total. The van der Waals surface area contributed by atoms with E-state index in [4.69, 9.17) is 0 Å². The van der Waals surface area contributed by atoms with Crippen LogP contribution in [0.5, 0.6) is 0 Å². The summed E-state index contributed by atoms with van der Waals surface area (Å²) < 4.78 is 21.2. The van der Waals surface area contributed by atoms with Crippen molar-refractivity contribution in [2.24, 2.45) is 0 Å². The van der Waals surface area contributed by atoms with Crippen LogP contribution < -0.4 is 0 Å². The minimum atomic E-state index is -2.70. The van der Waals surface area contributed by atoms with Crippen molar-refractivity contribution < 1.29 is 8.42 Å². The van der Waals surface area contributed by atoms with Gasteiger partial charge in [-0.3, -0.25) is 0 Å². The first kappa shape index (κ1) is 6.80. The molecule has 0 bridgehead atoms. The average Bonchev–Trinajstić information content (AvgIpc) is 1.16. The molecule has 1 fully saturated rings. The zero-order valence-electron chi connectivity index (χ0n) is 4.30. The third-order valence-corrected chi connectivity index (χ3v) is 4.88. The quantitative estimate of drug-likeness (QED) is 0.516. The molecule has 0 aromatic heterocycles. The van der Waals surface area contributed by atoms with Crippen LogP contribution in [-0.2, 0) is 7.01 Å². The number of rotatable bonds is 1. The maximum Gasteiger partial charge on any atom is 0.205 e. The van der Waals surface area contributed by atoms with Gasteiger partial charge in [0, 0.05) is 0 Å². The van der Waals surface area contributed by atoms with Crippen molar-refractivity contribution in [1.82, 2.24) is 0 Å². The van der Waals surface area contributed by atoms with E-state index in [2.05, 4.69) is 0 Å². The van der Waals surface area contributed by atoms with E-state index in [9.17, 15) is 8.42 Å². The van der Waals surface area contributed by atoms with Gasteiger partial charge in [0.15, 0.2) is 0 Å². The second kappa shape index (κ2) is 2.13. The molecule has 0 atom stereocenters. The predicted octanol–water partition coefficient (Wildman–Crippen LogP) is 1.30. The third kappa shape index (κ3) is 1.34. The molecule has 1 aliphatic rings. The van der Waals surface area contributed by atoms with Crippen LogP contribution in [0.3, 0.4) is 0 Å². The Labute approximate surface area is 61.2 Å². The highest BCUT2D eigenvalue weighted by molar-refractivity contribution is 14.2. The first-order valence-corrected chi connectivity index (χ1v) is 6.63. The SMILES string of the molecule is O=S(=O)(I)C1CCC1. The first-order chi connectivity index (χ1) is 3.61. The van der Waals surface area contributed by atoms with Crippen LogP contribution in [0.2, 0.25) is 0 Å². The molecule has 0 radical (unpaired) electrons. The van der Waals surface area contributed by atoms with Crippen molar-refractivity contribution >= 4 is 28.2 Å². The number of halogens is 1. The topological polar surface area (TPSA) is 34.1 Å². The summed E-state index contributed by atoms with van der Waals surface area (Å²) in [6.45, 7) is 0. The van der Waals surface area contributed by atoms with Crippen LogP contribution in [0.1, 0.15) is 19.3 Å². The molecule has 0 aliphatic heterocycles. The Balaban J connectivity index is 2.60. The standard InChI is InChI=1S/C4H7IO2S/c5-8(6,7)4-2-1-3-4/h4H,1-3H2. The summed E-state index contributed by atoms with van der Waals surface area (Å²) in [4.78, 5) is 0. The van der Waals surface area contributed by atoms with E-state index in [0.29, 0.717) is 0 Å². The molecule has 0 spiro atoms. The molecule has 48 valence electrons. The Kier molecular flexibility index (Phi) is 1.81. The molecule has 0 N–H and O–H groups in total. The fourth-order valence-electron chi connectivity index (χ4n) is 0.652. The average molecular weight is 246 g/mol. The molecule has 1 rings (SSSR count). The number of hydrogen-bond acceptors (Lipinski definition) is 2. The van der Waals surface area contributed by atoms with Crippen molar-refractivity contribution in [1.29, 1.82) is 0 Å². The minimum Gasteiger partial charge on any atom is -0.218 e. The summed E-state index contributed by atoms with van der Waals surface area (Å²) >= 11 is 1.53. The van der Waals surface area contributed by atoms with Crippen LogP contribution in [-0.4, -0.2) is 13.7 Å². The van der Waals surface area contributed by atoms with Gasteiger partial charge in [0.2, 0.25) is 7.01 Å². The van der Waals surface area contributed by atoms with Crippen LogP contribution >= 0.6 is 21.2 Å². The Hall–Kier alpha value is 0.680. The lowest BCUT2D eigenvalue weighted by atomic mass is 10.0. The fourth-order valence-corrected chi connectivity index (χ4v) is 3.07. The molecule has 0 aromatic rings. The minimum absolute atomic E-state index is 0.0110. The molecule has 0 saturated heterocycles. The van der Waals surface area contributed by atoms with Crippen molar-refractivity contribution in [2.75, 3.05) is 0 Å². The highest BCUT2D eigenvalue weighted by Gasteiger charge is 2.28. The molecule has 0 unspecified atom stereocenters. The van der Waals surface area contributed by atoms with Gasteiger partial charge in [-0.2, -0.15) is 0 Å². The molecule has 1 saturated carbocycles. The normalized spacial score (nSPS) is 22.6. The van der Waals surface area contributed by atoms with Gasteiger partial charge in [0.25, 0.3) is 0 Å². The van der Waals surface area contributed by atoms with E-state index < -0.39 is 7.01 Å². The lowest BCUT2D eigenvalue weighted by Gasteiger charge is -2.21. The van der Waals surface area contributed by atoms with Gasteiger partial charge in [0.05, 0.1) is 26.5 Å². The van der Waals surface area contributed by atoms with E-state index in [0.717, 1.165) is 19.3 Å². The Bertz CT molecular complexity index is 168. The maximum atomic E-state index is 10.6.